The Bertz CT molecular complexity index is 1000. The second-order valence-electron chi connectivity index (χ2n) is 11.1. The zero-order valence-corrected chi connectivity index (χ0v) is 19.8. The summed E-state index contributed by atoms with van der Waals surface area (Å²) in [6, 6.07) is 3.47. The van der Waals surface area contributed by atoms with Crippen LogP contribution >= 0.6 is 0 Å². The van der Waals surface area contributed by atoms with Gasteiger partial charge in [-0.15, -0.1) is 0 Å². The molecule has 4 nitrogen and oxygen atoms in total. The summed E-state index contributed by atoms with van der Waals surface area (Å²) in [6.07, 6.45) is 9.80. The number of allylic oxidation sites excluding steroid dienone is 2. The number of anilines is 1. The van der Waals surface area contributed by atoms with Crippen molar-refractivity contribution < 1.29 is 18.4 Å². The van der Waals surface area contributed by atoms with Crippen LogP contribution in [0.1, 0.15) is 65.7 Å². The molecule has 2 saturated carbocycles. The van der Waals surface area contributed by atoms with E-state index in [1.165, 1.54) is 31.7 Å². The van der Waals surface area contributed by atoms with Gasteiger partial charge in [0.05, 0.1) is 0 Å². The second kappa shape index (κ2) is 7.92. The first-order chi connectivity index (χ1) is 15.7. The molecule has 1 aromatic rings. The van der Waals surface area contributed by atoms with Gasteiger partial charge in [0.1, 0.15) is 23.2 Å². The summed E-state index contributed by atoms with van der Waals surface area (Å²) in [7, 11) is 0. The van der Waals surface area contributed by atoms with Crippen molar-refractivity contribution in [1.29, 1.82) is 0 Å². The second-order valence-corrected chi connectivity index (χ2v) is 11.1. The number of para-hydroxylation sites is 1. The molecule has 1 aromatic carbocycles. The van der Waals surface area contributed by atoms with E-state index in [9.17, 15) is 18.4 Å². The van der Waals surface area contributed by atoms with Crippen molar-refractivity contribution in [2.45, 2.75) is 65.7 Å². The quantitative estimate of drug-likeness (QED) is 0.576. The molecule has 3 fully saturated rings. The minimum atomic E-state index is -0.957. The fraction of sp³-hybridized carbons (Fsp3) is 0.630. The molecule has 1 N–H and O–H groups in total. The van der Waals surface area contributed by atoms with E-state index in [4.69, 9.17) is 0 Å². The fourth-order valence-electron chi connectivity index (χ4n) is 7.92. The van der Waals surface area contributed by atoms with Crippen LogP contribution < -0.4 is 5.32 Å². The summed E-state index contributed by atoms with van der Waals surface area (Å²) in [5.74, 6) is -1.84. The monoisotopic (exact) mass is 456 g/mol. The van der Waals surface area contributed by atoms with Gasteiger partial charge in [-0.2, -0.15) is 0 Å². The van der Waals surface area contributed by atoms with E-state index < -0.39 is 29.1 Å². The Hall–Kier alpha value is -2.24. The van der Waals surface area contributed by atoms with Gasteiger partial charge in [-0.05, 0) is 80.8 Å². The van der Waals surface area contributed by atoms with E-state index in [-0.39, 0.29) is 11.3 Å². The van der Waals surface area contributed by atoms with E-state index in [0.29, 0.717) is 36.1 Å². The lowest BCUT2D eigenvalue weighted by molar-refractivity contribution is -0.148. The molecule has 0 radical (unpaired) electrons. The first-order valence-electron chi connectivity index (χ1n) is 12.5. The Morgan fingerprint density at radius 1 is 1.15 bits per heavy atom. The maximum atomic E-state index is 14.2. The molecule has 178 valence electrons. The fourth-order valence-corrected chi connectivity index (χ4v) is 7.92. The zero-order valence-electron chi connectivity index (χ0n) is 19.8. The molecular weight excluding hydrogens is 422 g/mol. The maximum absolute atomic E-state index is 14.2. The smallest absolute Gasteiger partial charge is 0.239 e. The molecule has 0 bridgehead atoms. The van der Waals surface area contributed by atoms with E-state index in [1.807, 2.05) is 6.92 Å². The minimum Gasteiger partial charge on any atom is -0.320 e. The number of piperidine rings is 1. The molecule has 1 unspecified atom stereocenters. The molecule has 1 aliphatic heterocycles. The van der Waals surface area contributed by atoms with Crippen LogP contribution in [0.4, 0.5) is 14.5 Å². The van der Waals surface area contributed by atoms with Crippen molar-refractivity contribution in [3.8, 4) is 0 Å². The number of likely N-dealkylation sites (tertiary alicyclic amines) is 1. The predicted molar refractivity (Wildman–Crippen MR) is 123 cm³/mol. The number of carbonyl (C=O) groups is 2. The lowest BCUT2D eigenvalue weighted by Crippen LogP contribution is -2.57. The molecule has 3 aliphatic carbocycles. The highest BCUT2D eigenvalue weighted by Gasteiger charge is 2.59. The van der Waals surface area contributed by atoms with Gasteiger partial charge in [0, 0.05) is 17.7 Å². The van der Waals surface area contributed by atoms with Crippen molar-refractivity contribution in [3.05, 3.63) is 41.6 Å². The molecule has 6 heteroatoms. The SMILES string of the molecule is CCN1C(=O)C(C(=O)Nc2c(F)cccc2F)C[C@@]2(C)C1=CC[C@@H]1[C@H]2CC[C@]2(C)CCC[C@@H]12. The Morgan fingerprint density at radius 3 is 2.58 bits per heavy atom. The van der Waals surface area contributed by atoms with Crippen molar-refractivity contribution >= 4 is 17.5 Å². The largest absolute Gasteiger partial charge is 0.320 e. The number of benzene rings is 1. The number of amides is 2. The highest BCUT2D eigenvalue weighted by molar-refractivity contribution is 6.07. The Balaban J connectivity index is 1.48. The number of nitrogens with zero attached hydrogens (tertiary/aromatic N) is 1. The maximum Gasteiger partial charge on any atom is 0.239 e. The molecule has 1 saturated heterocycles. The highest BCUT2D eigenvalue weighted by Crippen LogP contribution is 2.65. The molecule has 0 spiro atoms. The number of hydrogen-bond donors (Lipinski definition) is 1. The Kier molecular flexibility index (Phi) is 5.41. The summed E-state index contributed by atoms with van der Waals surface area (Å²) in [5.41, 5.74) is 0.688. The lowest BCUT2D eigenvalue weighted by atomic mass is 9.49. The van der Waals surface area contributed by atoms with Crippen LogP contribution in [0.15, 0.2) is 30.0 Å². The van der Waals surface area contributed by atoms with E-state index in [0.717, 1.165) is 30.7 Å². The molecule has 5 rings (SSSR count). The molecule has 4 aliphatic rings. The molecule has 6 atom stereocenters. The number of halogens is 2. The Labute approximate surface area is 194 Å². The van der Waals surface area contributed by atoms with Crippen LogP contribution in [0.3, 0.4) is 0 Å². The topological polar surface area (TPSA) is 49.4 Å². The zero-order chi connectivity index (χ0) is 23.5. The average molecular weight is 457 g/mol. The van der Waals surface area contributed by atoms with Crippen LogP contribution in [0.2, 0.25) is 0 Å². The summed E-state index contributed by atoms with van der Waals surface area (Å²) in [4.78, 5) is 28.4. The number of nitrogens with one attached hydrogen (secondary N) is 1. The lowest BCUT2D eigenvalue weighted by Gasteiger charge is -2.59. The van der Waals surface area contributed by atoms with Gasteiger partial charge in [0.2, 0.25) is 11.8 Å². The van der Waals surface area contributed by atoms with Crippen LogP contribution in [0.5, 0.6) is 0 Å². The average Bonchev–Trinajstić information content (AvgIpc) is 3.18. The van der Waals surface area contributed by atoms with Gasteiger partial charge in [-0.25, -0.2) is 8.78 Å². The third-order valence-electron chi connectivity index (χ3n) is 9.53. The summed E-state index contributed by atoms with van der Waals surface area (Å²) in [6.45, 7) is 7.07. The summed E-state index contributed by atoms with van der Waals surface area (Å²) >= 11 is 0. The van der Waals surface area contributed by atoms with Crippen LogP contribution in [0.25, 0.3) is 0 Å². The summed E-state index contributed by atoms with van der Waals surface area (Å²) in [5, 5.41) is 2.40. The number of hydrogen-bond acceptors (Lipinski definition) is 2. The predicted octanol–water partition coefficient (Wildman–Crippen LogP) is 5.90. The van der Waals surface area contributed by atoms with Crippen LogP contribution in [-0.4, -0.2) is 23.3 Å². The standard InChI is InChI=1S/C27H34F2N2O2/c1-4-31-22-11-10-16-18-7-6-13-26(18,2)14-12-19(16)27(22,3)15-17(25(31)33)24(32)30-23-20(28)8-5-9-21(23)29/h5,8-9,11,16-19H,4,6-7,10,12-15H2,1-3H3,(H,30,32)/t16-,17?,18-,19+,26-,27+/m0/s1. The first-order valence-corrected chi connectivity index (χ1v) is 12.5. The van der Waals surface area contributed by atoms with E-state index in [1.54, 1.807) is 4.90 Å². The molecular formula is C27H34F2N2O2. The number of rotatable bonds is 3. The highest BCUT2D eigenvalue weighted by atomic mass is 19.1. The van der Waals surface area contributed by atoms with Gasteiger partial charge in [-0.1, -0.05) is 32.4 Å². The van der Waals surface area contributed by atoms with Gasteiger partial charge in [-0.3, -0.25) is 9.59 Å². The van der Waals surface area contributed by atoms with Crippen molar-refractivity contribution in [2.24, 2.45) is 34.5 Å². The molecule has 2 amide bonds. The third-order valence-corrected chi connectivity index (χ3v) is 9.53. The Morgan fingerprint density at radius 2 is 1.88 bits per heavy atom. The van der Waals surface area contributed by atoms with Crippen molar-refractivity contribution in [3.63, 3.8) is 0 Å². The molecule has 1 heterocycles. The van der Waals surface area contributed by atoms with Crippen LogP contribution in [0, 0.1) is 46.1 Å². The van der Waals surface area contributed by atoms with Crippen molar-refractivity contribution in [1.82, 2.24) is 4.90 Å². The van der Waals surface area contributed by atoms with Crippen LogP contribution in [-0.2, 0) is 9.59 Å². The summed E-state index contributed by atoms with van der Waals surface area (Å²) < 4.78 is 28.4. The van der Waals surface area contributed by atoms with E-state index in [2.05, 4.69) is 25.2 Å². The number of carbonyl (C=O) groups excluding carboxylic acids is 2. The van der Waals surface area contributed by atoms with Gasteiger partial charge in [0.25, 0.3) is 0 Å². The van der Waals surface area contributed by atoms with Gasteiger partial charge >= 0.3 is 0 Å². The molecule has 0 aromatic heterocycles. The molecule has 33 heavy (non-hydrogen) atoms. The van der Waals surface area contributed by atoms with E-state index >= 15 is 0 Å². The van der Waals surface area contributed by atoms with Gasteiger partial charge in [0.15, 0.2) is 0 Å². The third kappa shape index (κ3) is 3.35. The first kappa shape index (κ1) is 22.5. The normalized spacial score (nSPS) is 37.7. The van der Waals surface area contributed by atoms with Crippen molar-refractivity contribution in [2.75, 3.05) is 11.9 Å². The number of fused-ring (bicyclic) bond motifs is 5. The van der Waals surface area contributed by atoms with Gasteiger partial charge < -0.3 is 10.2 Å². The minimum absolute atomic E-state index is 0.268.